The lowest BCUT2D eigenvalue weighted by Crippen LogP contribution is -2.20. The van der Waals surface area contributed by atoms with E-state index in [0.717, 1.165) is 5.69 Å². The Kier molecular flexibility index (Phi) is 4.73. The van der Waals surface area contributed by atoms with Crippen LogP contribution in [0.25, 0.3) is 32.9 Å². The van der Waals surface area contributed by atoms with E-state index in [2.05, 4.69) is 78.2 Å². The standard InChI is InChI=1S/C24H25NO2/c1-16(24(26)27)14-17(2)25-22-13-12-18-8-6-7-11-20(18)21(22)15-23(25)19-9-4-3-5-10-19/h3-13,15-17,24,26-27H,14H2,1-2H3. The van der Waals surface area contributed by atoms with Crippen LogP contribution in [0.5, 0.6) is 0 Å². The van der Waals surface area contributed by atoms with Crippen LogP contribution in [-0.4, -0.2) is 21.1 Å². The van der Waals surface area contributed by atoms with Gasteiger partial charge in [0, 0.05) is 28.6 Å². The first-order chi connectivity index (χ1) is 13.1. The van der Waals surface area contributed by atoms with Crippen LogP contribution < -0.4 is 0 Å². The van der Waals surface area contributed by atoms with E-state index in [9.17, 15) is 10.2 Å². The third kappa shape index (κ3) is 3.25. The van der Waals surface area contributed by atoms with Gasteiger partial charge in [0.1, 0.15) is 0 Å². The molecule has 0 saturated carbocycles. The van der Waals surface area contributed by atoms with Gasteiger partial charge in [-0.2, -0.15) is 0 Å². The fraction of sp³-hybridized carbons (Fsp3) is 0.250. The molecule has 2 unspecified atom stereocenters. The van der Waals surface area contributed by atoms with Crippen LogP contribution in [-0.2, 0) is 0 Å². The van der Waals surface area contributed by atoms with E-state index >= 15 is 0 Å². The van der Waals surface area contributed by atoms with Gasteiger partial charge in [0.05, 0.1) is 0 Å². The number of nitrogens with zero attached hydrogens (tertiary/aromatic N) is 1. The van der Waals surface area contributed by atoms with Crippen LogP contribution in [0.4, 0.5) is 0 Å². The van der Waals surface area contributed by atoms with Crippen molar-refractivity contribution in [1.82, 2.24) is 4.57 Å². The summed E-state index contributed by atoms with van der Waals surface area (Å²) in [6, 6.07) is 25.6. The van der Waals surface area contributed by atoms with Gasteiger partial charge in [0.25, 0.3) is 0 Å². The summed E-state index contributed by atoms with van der Waals surface area (Å²) in [5.74, 6) is -0.193. The summed E-state index contributed by atoms with van der Waals surface area (Å²) < 4.78 is 2.34. The van der Waals surface area contributed by atoms with Crippen molar-refractivity contribution in [2.45, 2.75) is 32.6 Å². The monoisotopic (exact) mass is 359 g/mol. The van der Waals surface area contributed by atoms with Crippen LogP contribution in [0, 0.1) is 5.92 Å². The minimum absolute atomic E-state index is 0.135. The number of aliphatic hydroxyl groups excluding tert-OH is 1. The molecule has 2 atom stereocenters. The molecular weight excluding hydrogens is 334 g/mol. The maximum absolute atomic E-state index is 9.55. The Hall–Kier alpha value is -2.62. The Morgan fingerprint density at radius 2 is 1.52 bits per heavy atom. The maximum atomic E-state index is 9.55. The molecule has 0 radical (unpaired) electrons. The Bertz CT molecular complexity index is 1070. The minimum atomic E-state index is -1.30. The van der Waals surface area contributed by atoms with Crippen molar-refractivity contribution in [3.8, 4) is 11.3 Å². The molecular formula is C24H25NO2. The van der Waals surface area contributed by atoms with Crippen LogP contribution in [0.15, 0.2) is 72.8 Å². The van der Waals surface area contributed by atoms with E-state index in [4.69, 9.17) is 0 Å². The number of rotatable bonds is 5. The number of aromatic nitrogens is 1. The van der Waals surface area contributed by atoms with E-state index in [0.29, 0.717) is 6.42 Å². The number of hydrogen-bond acceptors (Lipinski definition) is 2. The lowest BCUT2D eigenvalue weighted by molar-refractivity contribution is -0.0829. The van der Waals surface area contributed by atoms with Crippen molar-refractivity contribution in [3.05, 3.63) is 72.8 Å². The molecule has 1 aromatic heterocycles. The molecule has 0 aliphatic rings. The molecule has 0 aliphatic heterocycles. The molecule has 1 heterocycles. The summed E-state index contributed by atoms with van der Waals surface area (Å²) in [5, 5.41) is 22.8. The number of benzene rings is 3. The average Bonchev–Trinajstić information content (AvgIpc) is 3.08. The molecule has 3 aromatic carbocycles. The van der Waals surface area contributed by atoms with E-state index in [1.807, 2.05) is 13.0 Å². The van der Waals surface area contributed by atoms with Gasteiger partial charge in [0.2, 0.25) is 0 Å². The summed E-state index contributed by atoms with van der Waals surface area (Å²) in [5.41, 5.74) is 3.51. The van der Waals surface area contributed by atoms with Crippen LogP contribution in [0.2, 0.25) is 0 Å². The highest BCUT2D eigenvalue weighted by atomic mass is 16.5. The van der Waals surface area contributed by atoms with E-state index < -0.39 is 6.29 Å². The summed E-state index contributed by atoms with van der Waals surface area (Å²) >= 11 is 0. The molecule has 0 fully saturated rings. The van der Waals surface area contributed by atoms with Gasteiger partial charge < -0.3 is 14.8 Å². The fourth-order valence-corrected chi connectivity index (χ4v) is 4.05. The third-order valence-corrected chi connectivity index (χ3v) is 5.48. The van der Waals surface area contributed by atoms with Crippen LogP contribution >= 0.6 is 0 Å². The molecule has 4 rings (SSSR count). The van der Waals surface area contributed by atoms with Gasteiger partial charge >= 0.3 is 0 Å². The second kappa shape index (κ2) is 7.18. The lowest BCUT2D eigenvalue weighted by atomic mass is 10.0. The van der Waals surface area contributed by atoms with E-state index in [-0.39, 0.29) is 12.0 Å². The van der Waals surface area contributed by atoms with Gasteiger partial charge in [-0.05, 0) is 41.8 Å². The van der Waals surface area contributed by atoms with Gasteiger partial charge in [0.15, 0.2) is 6.29 Å². The van der Waals surface area contributed by atoms with Gasteiger partial charge in [-0.3, -0.25) is 0 Å². The summed E-state index contributed by atoms with van der Waals surface area (Å²) in [4.78, 5) is 0. The topological polar surface area (TPSA) is 45.4 Å². The molecule has 3 nitrogen and oxygen atoms in total. The quantitative estimate of drug-likeness (QED) is 0.471. The van der Waals surface area contributed by atoms with Gasteiger partial charge in [-0.15, -0.1) is 0 Å². The minimum Gasteiger partial charge on any atom is -0.368 e. The van der Waals surface area contributed by atoms with Crippen molar-refractivity contribution in [3.63, 3.8) is 0 Å². The first-order valence-electron chi connectivity index (χ1n) is 9.50. The van der Waals surface area contributed by atoms with Crippen LogP contribution in [0.1, 0.15) is 26.3 Å². The van der Waals surface area contributed by atoms with Crippen molar-refractivity contribution in [2.75, 3.05) is 0 Å². The Balaban J connectivity index is 1.95. The Morgan fingerprint density at radius 3 is 2.26 bits per heavy atom. The second-order valence-electron chi connectivity index (χ2n) is 7.46. The smallest absolute Gasteiger partial charge is 0.154 e. The molecule has 0 saturated heterocycles. The van der Waals surface area contributed by atoms with Crippen molar-refractivity contribution < 1.29 is 10.2 Å². The fourth-order valence-electron chi connectivity index (χ4n) is 4.05. The summed E-state index contributed by atoms with van der Waals surface area (Å²) in [6.07, 6.45) is -0.607. The highest BCUT2D eigenvalue weighted by Crippen LogP contribution is 2.37. The summed E-state index contributed by atoms with van der Waals surface area (Å²) in [7, 11) is 0. The van der Waals surface area contributed by atoms with Crippen molar-refractivity contribution in [1.29, 1.82) is 0 Å². The van der Waals surface area contributed by atoms with Gasteiger partial charge in [-0.25, -0.2) is 0 Å². The maximum Gasteiger partial charge on any atom is 0.154 e. The molecule has 3 heteroatoms. The number of aliphatic hydroxyl groups is 2. The lowest BCUT2D eigenvalue weighted by Gasteiger charge is -2.23. The van der Waals surface area contributed by atoms with Crippen molar-refractivity contribution >= 4 is 21.7 Å². The SMILES string of the molecule is CC(CC(C)n1c(-c2ccccc2)cc2c3ccccc3ccc21)C(O)O. The molecule has 0 amide bonds. The highest BCUT2D eigenvalue weighted by molar-refractivity contribution is 6.08. The predicted octanol–water partition coefficient (Wildman–Crippen LogP) is 5.36. The first-order valence-corrected chi connectivity index (χ1v) is 9.50. The number of fused-ring (bicyclic) bond motifs is 3. The molecule has 0 spiro atoms. The molecule has 0 aliphatic carbocycles. The molecule has 0 bridgehead atoms. The molecule has 138 valence electrons. The van der Waals surface area contributed by atoms with E-state index in [1.165, 1.54) is 27.2 Å². The summed E-state index contributed by atoms with van der Waals surface area (Å²) in [6.45, 7) is 4.03. The van der Waals surface area contributed by atoms with Crippen LogP contribution in [0.3, 0.4) is 0 Å². The highest BCUT2D eigenvalue weighted by Gasteiger charge is 2.21. The van der Waals surface area contributed by atoms with Gasteiger partial charge in [-0.1, -0.05) is 67.6 Å². The normalized spacial score (nSPS) is 14.1. The third-order valence-electron chi connectivity index (χ3n) is 5.48. The first kappa shape index (κ1) is 17.8. The molecule has 2 N–H and O–H groups in total. The zero-order valence-corrected chi connectivity index (χ0v) is 15.7. The largest absolute Gasteiger partial charge is 0.368 e. The zero-order chi connectivity index (χ0) is 19.0. The Morgan fingerprint density at radius 1 is 0.815 bits per heavy atom. The van der Waals surface area contributed by atoms with Crippen molar-refractivity contribution in [2.24, 2.45) is 5.92 Å². The number of hydrogen-bond donors (Lipinski definition) is 2. The average molecular weight is 359 g/mol. The molecule has 27 heavy (non-hydrogen) atoms. The zero-order valence-electron chi connectivity index (χ0n) is 15.7. The second-order valence-corrected chi connectivity index (χ2v) is 7.46. The Labute approximate surface area is 159 Å². The predicted molar refractivity (Wildman–Crippen MR) is 112 cm³/mol. The van der Waals surface area contributed by atoms with E-state index in [1.54, 1.807) is 0 Å². The molecule has 4 aromatic rings.